The first-order valence-corrected chi connectivity index (χ1v) is 7.72. The van der Waals surface area contributed by atoms with Crippen molar-refractivity contribution < 1.29 is 14.2 Å². The van der Waals surface area contributed by atoms with Crippen LogP contribution in [0, 0.1) is 0 Å². The van der Waals surface area contributed by atoms with E-state index in [0.717, 1.165) is 34.6 Å². The molecule has 2 aromatic rings. The van der Waals surface area contributed by atoms with Gasteiger partial charge in [0.2, 0.25) is 0 Å². The van der Waals surface area contributed by atoms with Crippen LogP contribution in [0.4, 0.5) is 0 Å². The Morgan fingerprint density at radius 1 is 0.810 bits per heavy atom. The molecule has 0 saturated heterocycles. The van der Waals surface area contributed by atoms with Gasteiger partial charge in [-0.1, -0.05) is 22.0 Å². The molecule has 0 aliphatic carbocycles. The normalized spacial score (nSPS) is 10.2. The number of halogens is 1. The lowest BCUT2D eigenvalue weighted by Gasteiger charge is -2.08. The zero-order chi connectivity index (χ0) is 14.9. The summed E-state index contributed by atoms with van der Waals surface area (Å²) in [6.45, 7) is 1.37. The lowest BCUT2D eigenvalue weighted by atomic mass is 10.3. The van der Waals surface area contributed by atoms with E-state index in [4.69, 9.17) is 14.2 Å². The third-order valence-electron chi connectivity index (χ3n) is 2.93. The van der Waals surface area contributed by atoms with Gasteiger partial charge in [-0.15, -0.1) is 0 Å². The molecule has 0 heterocycles. The molecule has 0 N–H and O–H groups in total. The van der Waals surface area contributed by atoms with Crippen LogP contribution >= 0.6 is 15.9 Å². The standard InChI is InChI=1S/C17H19BrO3/c1-19-16-5-4-6-17(13-16)21-12-3-2-11-20-15-9-7-14(18)8-10-15/h4-10,13H,2-3,11-12H2,1H3. The zero-order valence-electron chi connectivity index (χ0n) is 12.0. The Kier molecular flexibility index (Phi) is 6.41. The molecule has 3 nitrogen and oxygen atoms in total. The molecule has 0 unspecified atom stereocenters. The second kappa shape index (κ2) is 8.57. The third kappa shape index (κ3) is 5.68. The smallest absolute Gasteiger partial charge is 0.122 e. The van der Waals surface area contributed by atoms with E-state index in [1.165, 1.54) is 0 Å². The summed E-state index contributed by atoms with van der Waals surface area (Å²) in [6.07, 6.45) is 1.91. The molecule has 0 bridgehead atoms. The molecule has 112 valence electrons. The molecule has 0 saturated carbocycles. The Labute approximate surface area is 134 Å². The van der Waals surface area contributed by atoms with Gasteiger partial charge >= 0.3 is 0 Å². The summed E-state index contributed by atoms with van der Waals surface area (Å²) in [6, 6.07) is 15.5. The average molecular weight is 351 g/mol. The molecular weight excluding hydrogens is 332 g/mol. The lowest BCUT2D eigenvalue weighted by Crippen LogP contribution is -2.02. The molecule has 0 aliphatic rings. The summed E-state index contributed by atoms with van der Waals surface area (Å²) in [4.78, 5) is 0. The van der Waals surface area contributed by atoms with Crippen molar-refractivity contribution in [2.75, 3.05) is 20.3 Å². The molecule has 2 rings (SSSR count). The van der Waals surface area contributed by atoms with Crippen LogP contribution in [0.5, 0.6) is 17.2 Å². The molecule has 0 spiro atoms. The monoisotopic (exact) mass is 350 g/mol. The van der Waals surface area contributed by atoms with E-state index >= 15 is 0 Å². The topological polar surface area (TPSA) is 27.7 Å². The Balaban J connectivity index is 1.60. The van der Waals surface area contributed by atoms with Crippen molar-refractivity contribution in [1.82, 2.24) is 0 Å². The van der Waals surface area contributed by atoms with Crippen LogP contribution in [-0.2, 0) is 0 Å². The van der Waals surface area contributed by atoms with E-state index in [2.05, 4.69) is 15.9 Å². The van der Waals surface area contributed by atoms with Gasteiger partial charge in [0, 0.05) is 10.5 Å². The Morgan fingerprint density at radius 2 is 1.43 bits per heavy atom. The predicted molar refractivity (Wildman–Crippen MR) is 87.4 cm³/mol. The number of hydrogen-bond acceptors (Lipinski definition) is 3. The fourth-order valence-corrected chi connectivity index (χ4v) is 2.07. The van der Waals surface area contributed by atoms with Gasteiger partial charge in [0.15, 0.2) is 0 Å². The summed E-state index contributed by atoms with van der Waals surface area (Å²) in [7, 11) is 1.65. The van der Waals surface area contributed by atoms with Gasteiger partial charge in [-0.2, -0.15) is 0 Å². The van der Waals surface area contributed by atoms with Crippen LogP contribution in [0.2, 0.25) is 0 Å². The maximum absolute atomic E-state index is 5.67. The van der Waals surface area contributed by atoms with Crippen LogP contribution < -0.4 is 14.2 Å². The lowest BCUT2D eigenvalue weighted by molar-refractivity contribution is 0.265. The van der Waals surface area contributed by atoms with Crippen LogP contribution in [-0.4, -0.2) is 20.3 Å². The minimum Gasteiger partial charge on any atom is -0.497 e. The number of rotatable bonds is 8. The molecule has 0 aromatic heterocycles. The molecule has 2 aromatic carbocycles. The highest BCUT2D eigenvalue weighted by Crippen LogP contribution is 2.19. The number of benzene rings is 2. The van der Waals surface area contributed by atoms with Crippen molar-refractivity contribution >= 4 is 15.9 Å². The largest absolute Gasteiger partial charge is 0.497 e. The number of unbranched alkanes of at least 4 members (excludes halogenated alkanes) is 1. The minimum absolute atomic E-state index is 0.677. The summed E-state index contributed by atoms with van der Waals surface area (Å²) < 4.78 is 17.5. The molecule has 0 amide bonds. The fourth-order valence-electron chi connectivity index (χ4n) is 1.81. The second-order valence-corrected chi connectivity index (χ2v) is 5.45. The third-order valence-corrected chi connectivity index (χ3v) is 3.46. The van der Waals surface area contributed by atoms with E-state index in [1.807, 2.05) is 48.5 Å². The fraction of sp³-hybridized carbons (Fsp3) is 0.294. The van der Waals surface area contributed by atoms with E-state index in [0.29, 0.717) is 13.2 Å². The zero-order valence-corrected chi connectivity index (χ0v) is 13.6. The summed E-state index contributed by atoms with van der Waals surface area (Å²) in [5.74, 6) is 2.54. The molecular formula is C17H19BrO3. The molecule has 0 radical (unpaired) electrons. The molecule has 0 fully saturated rings. The summed E-state index contributed by atoms with van der Waals surface area (Å²) >= 11 is 3.40. The van der Waals surface area contributed by atoms with Crippen molar-refractivity contribution in [3.05, 3.63) is 53.0 Å². The van der Waals surface area contributed by atoms with Gasteiger partial charge in [-0.05, 0) is 49.2 Å². The number of ether oxygens (including phenoxy) is 3. The molecule has 21 heavy (non-hydrogen) atoms. The number of methoxy groups -OCH3 is 1. The van der Waals surface area contributed by atoms with Crippen LogP contribution in [0.25, 0.3) is 0 Å². The van der Waals surface area contributed by atoms with Gasteiger partial charge in [-0.3, -0.25) is 0 Å². The number of hydrogen-bond donors (Lipinski definition) is 0. The highest BCUT2D eigenvalue weighted by atomic mass is 79.9. The van der Waals surface area contributed by atoms with Gasteiger partial charge in [0.25, 0.3) is 0 Å². The quantitative estimate of drug-likeness (QED) is 0.646. The van der Waals surface area contributed by atoms with Gasteiger partial charge < -0.3 is 14.2 Å². The Hall–Kier alpha value is -1.68. The maximum Gasteiger partial charge on any atom is 0.122 e. The minimum atomic E-state index is 0.677. The van der Waals surface area contributed by atoms with E-state index in [1.54, 1.807) is 7.11 Å². The maximum atomic E-state index is 5.67. The summed E-state index contributed by atoms with van der Waals surface area (Å²) in [5, 5.41) is 0. The van der Waals surface area contributed by atoms with Gasteiger partial charge in [0.1, 0.15) is 17.2 Å². The van der Waals surface area contributed by atoms with Crippen molar-refractivity contribution in [3.63, 3.8) is 0 Å². The molecule has 0 aliphatic heterocycles. The van der Waals surface area contributed by atoms with Crippen molar-refractivity contribution in [2.45, 2.75) is 12.8 Å². The summed E-state index contributed by atoms with van der Waals surface area (Å²) in [5.41, 5.74) is 0. The van der Waals surface area contributed by atoms with Crippen molar-refractivity contribution in [2.24, 2.45) is 0 Å². The van der Waals surface area contributed by atoms with Crippen LogP contribution in [0.1, 0.15) is 12.8 Å². The van der Waals surface area contributed by atoms with Crippen molar-refractivity contribution in [1.29, 1.82) is 0 Å². The van der Waals surface area contributed by atoms with Crippen molar-refractivity contribution in [3.8, 4) is 17.2 Å². The first-order valence-electron chi connectivity index (χ1n) is 6.93. The molecule has 0 atom stereocenters. The Bertz CT molecular complexity index is 540. The van der Waals surface area contributed by atoms with E-state index in [9.17, 15) is 0 Å². The SMILES string of the molecule is COc1cccc(OCCCCOc2ccc(Br)cc2)c1. The Morgan fingerprint density at radius 3 is 2.10 bits per heavy atom. The van der Waals surface area contributed by atoms with Crippen LogP contribution in [0.3, 0.4) is 0 Å². The van der Waals surface area contributed by atoms with E-state index < -0.39 is 0 Å². The van der Waals surface area contributed by atoms with Gasteiger partial charge in [-0.25, -0.2) is 0 Å². The highest BCUT2D eigenvalue weighted by Gasteiger charge is 1.97. The van der Waals surface area contributed by atoms with E-state index in [-0.39, 0.29) is 0 Å². The molecule has 4 heteroatoms. The van der Waals surface area contributed by atoms with Crippen LogP contribution in [0.15, 0.2) is 53.0 Å². The van der Waals surface area contributed by atoms with Gasteiger partial charge in [0.05, 0.1) is 20.3 Å². The highest BCUT2D eigenvalue weighted by molar-refractivity contribution is 9.10. The predicted octanol–water partition coefficient (Wildman–Crippen LogP) is 4.70. The second-order valence-electron chi connectivity index (χ2n) is 4.54. The average Bonchev–Trinajstić information content (AvgIpc) is 2.52. The first-order chi connectivity index (χ1) is 10.3. The first kappa shape index (κ1) is 15.7.